The summed E-state index contributed by atoms with van der Waals surface area (Å²) >= 11 is 0. The molecule has 102 valence electrons. The van der Waals surface area contributed by atoms with Gasteiger partial charge in [0.1, 0.15) is 11.9 Å². The van der Waals surface area contributed by atoms with Gasteiger partial charge in [-0.15, -0.1) is 0 Å². The average Bonchev–Trinajstić information content (AvgIpc) is 2.52. The Morgan fingerprint density at radius 2 is 1.95 bits per heavy atom. The molecule has 4 heteroatoms. The van der Waals surface area contributed by atoms with Crippen molar-refractivity contribution in [3.63, 3.8) is 0 Å². The molecule has 0 unspecified atom stereocenters. The van der Waals surface area contributed by atoms with Crippen LogP contribution in [0, 0.1) is 11.3 Å². The number of rotatable bonds is 6. The van der Waals surface area contributed by atoms with Crippen LogP contribution >= 0.6 is 0 Å². The average molecular weight is 266 g/mol. The summed E-state index contributed by atoms with van der Waals surface area (Å²) < 4.78 is 0. The number of nitrogens with one attached hydrogen (secondary N) is 2. The molecule has 1 aromatic carbocycles. The summed E-state index contributed by atoms with van der Waals surface area (Å²) in [5, 5.41) is 15.5. The fraction of sp³-hybridized carbons (Fsp3) is 0.250. The molecule has 0 fully saturated rings. The van der Waals surface area contributed by atoms with Crippen molar-refractivity contribution in [2.45, 2.75) is 19.9 Å². The molecule has 2 N–H and O–H groups in total. The standard InChI is InChI=1S/C16H18N4/c1-2-9-18-15-7-5-13(6-8-15)12-20-16-14(11-17)4-3-10-19-16/h3-8,10,18H,2,9,12H2,1H3,(H,19,20). The van der Waals surface area contributed by atoms with Crippen LogP contribution in [0.5, 0.6) is 0 Å². The third-order valence-electron chi connectivity index (χ3n) is 2.92. The SMILES string of the molecule is CCCNc1ccc(CNc2ncccc2C#N)cc1. The third-order valence-corrected chi connectivity index (χ3v) is 2.92. The summed E-state index contributed by atoms with van der Waals surface area (Å²) in [4.78, 5) is 4.18. The lowest BCUT2D eigenvalue weighted by atomic mass is 10.2. The minimum Gasteiger partial charge on any atom is -0.385 e. The molecule has 0 amide bonds. The van der Waals surface area contributed by atoms with Crippen molar-refractivity contribution in [3.05, 3.63) is 53.7 Å². The van der Waals surface area contributed by atoms with E-state index in [4.69, 9.17) is 5.26 Å². The van der Waals surface area contributed by atoms with Crippen LogP contribution in [0.15, 0.2) is 42.6 Å². The Hall–Kier alpha value is -2.54. The molecule has 0 bridgehead atoms. The van der Waals surface area contributed by atoms with Crippen LogP contribution in [0.3, 0.4) is 0 Å². The molecule has 0 aliphatic carbocycles. The van der Waals surface area contributed by atoms with Crippen molar-refractivity contribution in [1.29, 1.82) is 5.26 Å². The van der Waals surface area contributed by atoms with Gasteiger partial charge in [0.2, 0.25) is 0 Å². The van der Waals surface area contributed by atoms with Gasteiger partial charge in [0.05, 0.1) is 5.56 Å². The highest BCUT2D eigenvalue weighted by Crippen LogP contribution is 2.13. The van der Waals surface area contributed by atoms with Crippen molar-refractivity contribution in [1.82, 2.24) is 4.98 Å². The minimum absolute atomic E-state index is 0.564. The maximum Gasteiger partial charge on any atom is 0.144 e. The Labute approximate surface area is 119 Å². The quantitative estimate of drug-likeness (QED) is 0.841. The fourth-order valence-electron chi connectivity index (χ4n) is 1.83. The van der Waals surface area contributed by atoms with E-state index in [9.17, 15) is 0 Å². The second-order valence-electron chi connectivity index (χ2n) is 4.49. The molecular formula is C16H18N4. The van der Waals surface area contributed by atoms with E-state index in [0.29, 0.717) is 17.9 Å². The Morgan fingerprint density at radius 1 is 1.15 bits per heavy atom. The number of aromatic nitrogens is 1. The van der Waals surface area contributed by atoms with Crippen LogP contribution in [0.4, 0.5) is 11.5 Å². The summed E-state index contributed by atoms with van der Waals surface area (Å²) in [6.45, 7) is 3.78. The van der Waals surface area contributed by atoms with Crippen LogP contribution < -0.4 is 10.6 Å². The molecule has 20 heavy (non-hydrogen) atoms. The summed E-state index contributed by atoms with van der Waals surface area (Å²) in [5.41, 5.74) is 2.85. The summed E-state index contributed by atoms with van der Waals surface area (Å²) in [6.07, 6.45) is 2.79. The Morgan fingerprint density at radius 3 is 2.65 bits per heavy atom. The van der Waals surface area contributed by atoms with Gasteiger partial charge in [-0.3, -0.25) is 0 Å². The maximum atomic E-state index is 9.00. The van der Waals surface area contributed by atoms with Gasteiger partial charge in [0, 0.05) is 25.0 Å². The zero-order valence-electron chi connectivity index (χ0n) is 11.6. The minimum atomic E-state index is 0.564. The lowest BCUT2D eigenvalue weighted by Gasteiger charge is -2.08. The molecule has 0 spiro atoms. The van der Waals surface area contributed by atoms with Crippen LogP contribution in [-0.4, -0.2) is 11.5 Å². The van der Waals surface area contributed by atoms with E-state index in [-0.39, 0.29) is 0 Å². The third kappa shape index (κ3) is 3.72. The van der Waals surface area contributed by atoms with Crippen molar-refractivity contribution < 1.29 is 0 Å². The fourth-order valence-corrected chi connectivity index (χ4v) is 1.83. The molecule has 2 aromatic rings. The zero-order valence-corrected chi connectivity index (χ0v) is 11.6. The number of benzene rings is 1. The lowest BCUT2D eigenvalue weighted by Crippen LogP contribution is -2.04. The van der Waals surface area contributed by atoms with E-state index in [2.05, 4.69) is 52.9 Å². The molecule has 0 atom stereocenters. The molecule has 1 aromatic heterocycles. The molecule has 0 radical (unpaired) electrons. The largest absolute Gasteiger partial charge is 0.385 e. The smallest absolute Gasteiger partial charge is 0.144 e. The highest BCUT2D eigenvalue weighted by atomic mass is 15.0. The highest BCUT2D eigenvalue weighted by molar-refractivity contribution is 5.52. The van der Waals surface area contributed by atoms with Gasteiger partial charge in [-0.2, -0.15) is 5.26 Å². The van der Waals surface area contributed by atoms with E-state index >= 15 is 0 Å². The first-order valence-electron chi connectivity index (χ1n) is 6.75. The van der Waals surface area contributed by atoms with Gasteiger partial charge >= 0.3 is 0 Å². The number of anilines is 2. The summed E-state index contributed by atoms with van der Waals surface area (Å²) in [5.74, 6) is 0.628. The van der Waals surface area contributed by atoms with Gasteiger partial charge < -0.3 is 10.6 Å². The molecular weight excluding hydrogens is 248 g/mol. The molecule has 2 rings (SSSR count). The van der Waals surface area contributed by atoms with Crippen LogP contribution in [-0.2, 0) is 6.54 Å². The topological polar surface area (TPSA) is 60.7 Å². The normalized spacial score (nSPS) is 9.80. The van der Waals surface area contributed by atoms with Crippen molar-refractivity contribution >= 4 is 11.5 Å². The number of pyridine rings is 1. The maximum absolute atomic E-state index is 9.00. The van der Waals surface area contributed by atoms with Crippen molar-refractivity contribution in [3.8, 4) is 6.07 Å². The molecule has 0 saturated heterocycles. The first-order valence-corrected chi connectivity index (χ1v) is 6.75. The van der Waals surface area contributed by atoms with Gasteiger partial charge in [0.15, 0.2) is 0 Å². The highest BCUT2D eigenvalue weighted by Gasteiger charge is 2.01. The molecule has 1 heterocycles. The summed E-state index contributed by atoms with van der Waals surface area (Å²) in [7, 11) is 0. The lowest BCUT2D eigenvalue weighted by molar-refractivity contribution is 0.979. The predicted molar refractivity (Wildman–Crippen MR) is 81.5 cm³/mol. The Balaban J connectivity index is 1.95. The molecule has 4 nitrogen and oxygen atoms in total. The Kier molecular flexibility index (Phi) is 4.96. The van der Waals surface area contributed by atoms with E-state index in [1.165, 1.54) is 0 Å². The van der Waals surface area contributed by atoms with Crippen LogP contribution in [0.2, 0.25) is 0 Å². The van der Waals surface area contributed by atoms with E-state index in [0.717, 1.165) is 24.2 Å². The first kappa shape index (κ1) is 13.9. The van der Waals surface area contributed by atoms with Crippen LogP contribution in [0.1, 0.15) is 24.5 Å². The van der Waals surface area contributed by atoms with Crippen molar-refractivity contribution in [2.75, 3.05) is 17.2 Å². The van der Waals surface area contributed by atoms with Crippen molar-refractivity contribution in [2.24, 2.45) is 0 Å². The number of nitrogens with zero attached hydrogens (tertiary/aromatic N) is 2. The number of hydrogen-bond donors (Lipinski definition) is 2. The van der Waals surface area contributed by atoms with Gasteiger partial charge in [-0.1, -0.05) is 19.1 Å². The second kappa shape index (κ2) is 7.15. The van der Waals surface area contributed by atoms with E-state index in [1.54, 1.807) is 18.3 Å². The molecule has 0 aliphatic heterocycles. The van der Waals surface area contributed by atoms with Gasteiger partial charge in [-0.25, -0.2) is 4.98 Å². The first-order chi connectivity index (χ1) is 9.83. The van der Waals surface area contributed by atoms with Crippen LogP contribution in [0.25, 0.3) is 0 Å². The molecule has 0 aliphatic rings. The monoisotopic (exact) mass is 266 g/mol. The number of hydrogen-bond acceptors (Lipinski definition) is 4. The van der Waals surface area contributed by atoms with E-state index in [1.807, 2.05) is 0 Å². The van der Waals surface area contributed by atoms with Gasteiger partial charge in [0.25, 0.3) is 0 Å². The summed E-state index contributed by atoms with van der Waals surface area (Å²) in [6, 6.07) is 13.9. The zero-order chi connectivity index (χ0) is 14.2. The second-order valence-corrected chi connectivity index (χ2v) is 4.49. The predicted octanol–water partition coefficient (Wildman–Crippen LogP) is 3.39. The number of nitriles is 1. The molecule has 0 saturated carbocycles. The van der Waals surface area contributed by atoms with Gasteiger partial charge in [-0.05, 0) is 36.2 Å². The Bertz CT molecular complexity index is 584. The van der Waals surface area contributed by atoms with E-state index < -0.39 is 0 Å².